The molecule has 88 valence electrons. The van der Waals surface area contributed by atoms with E-state index >= 15 is 0 Å². The zero-order chi connectivity index (χ0) is 12.0. The van der Waals surface area contributed by atoms with Gasteiger partial charge in [0.15, 0.2) is 0 Å². The quantitative estimate of drug-likeness (QED) is 0.857. The van der Waals surface area contributed by atoms with Crippen LogP contribution in [-0.4, -0.2) is 25.6 Å². The number of carboxylic acids is 1. The number of hydrogen-bond donors (Lipinski definition) is 1. The fraction of sp³-hybridized carbons (Fsp3) is 0.417. The van der Waals surface area contributed by atoms with E-state index in [0.29, 0.717) is 22.5 Å². The number of carbonyl (C=O) groups is 1. The molecule has 2 aromatic heterocycles. The Morgan fingerprint density at radius 1 is 1.47 bits per heavy atom. The van der Waals surface area contributed by atoms with Gasteiger partial charge < -0.3 is 9.67 Å². The third-order valence-electron chi connectivity index (χ3n) is 3.51. The number of aryl methyl sites for hydroxylation is 1. The molecule has 0 amide bonds. The predicted molar refractivity (Wildman–Crippen MR) is 62.1 cm³/mol. The minimum atomic E-state index is -0.911. The van der Waals surface area contributed by atoms with Gasteiger partial charge >= 0.3 is 5.97 Å². The summed E-state index contributed by atoms with van der Waals surface area (Å²) in [5, 5.41) is 9.94. The molecular formula is C12H13N3O2. The number of aromatic nitrogens is 3. The van der Waals surface area contributed by atoms with Crippen molar-refractivity contribution in [3.8, 4) is 0 Å². The van der Waals surface area contributed by atoms with E-state index in [1.54, 1.807) is 10.8 Å². The van der Waals surface area contributed by atoms with Crippen LogP contribution in [0.3, 0.4) is 0 Å². The average Bonchev–Trinajstić information content (AvgIpc) is 2.55. The van der Waals surface area contributed by atoms with Crippen LogP contribution in [0, 0.1) is 0 Å². The molecule has 1 N–H and O–H groups in total. The predicted octanol–water partition coefficient (Wildman–Crippen LogP) is 1.93. The molecule has 0 aromatic carbocycles. The molecule has 0 aliphatic heterocycles. The third kappa shape index (κ3) is 1.42. The fourth-order valence-corrected chi connectivity index (χ4v) is 2.39. The fourth-order valence-electron chi connectivity index (χ4n) is 2.39. The van der Waals surface area contributed by atoms with Crippen LogP contribution >= 0.6 is 0 Å². The van der Waals surface area contributed by atoms with E-state index in [4.69, 9.17) is 0 Å². The van der Waals surface area contributed by atoms with E-state index in [2.05, 4.69) is 9.97 Å². The van der Waals surface area contributed by atoms with E-state index in [1.165, 1.54) is 12.7 Å². The summed E-state index contributed by atoms with van der Waals surface area (Å²) in [5.74, 6) is -0.507. The van der Waals surface area contributed by atoms with Crippen molar-refractivity contribution in [3.63, 3.8) is 0 Å². The minimum absolute atomic E-state index is 0.310. The Morgan fingerprint density at radius 2 is 2.24 bits per heavy atom. The summed E-state index contributed by atoms with van der Waals surface area (Å²) in [7, 11) is 1.81. The normalized spacial score (nSPS) is 16.1. The van der Waals surface area contributed by atoms with E-state index < -0.39 is 5.97 Å². The van der Waals surface area contributed by atoms with Gasteiger partial charge in [0.05, 0.1) is 16.6 Å². The highest BCUT2D eigenvalue weighted by Gasteiger charge is 2.27. The van der Waals surface area contributed by atoms with Crippen LogP contribution in [0.25, 0.3) is 11.0 Å². The van der Waals surface area contributed by atoms with Crippen molar-refractivity contribution < 1.29 is 9.90 Å². The van der Waals surface area contributed by atoms with Gasteiger partial charge in [0, 0.05) is 19.2 Å². The summed E-state index contributed by atoms with van der Waals surface area (Å²) in [6, 6.07) is 0. The lowest BCUT2D eigenvalue weighted by atomic mass is 9.81. The second-order valence-corrected chi connectivity index (χ2v) is 4.54. The molecule has 1 aliphatic carbocycles. The first kappa shape index (κ1) is 10.3. The number of aromatic carboxylic acids is 1. The molecule has 5 nitrogen and oxygen atoms in total. The molecule has 2 aromatic rings. The molecule has 1 fully saturated rings. The number of fused-ring (bicyclic) bond motifs is 1. The molecule has 0 radical (unpaired) electrons. The Morgan fingerprint density at radius 3 is 2.82 bits per heavy atom. The lowest BCUT2D eigenvalue weighted by Gasteiger charge is -2.25. The van der Waals surface area contributed by atoms with Gasteiger partial charge in [-0.3, -0.25) is 0 Å². The highest BCUT2D eigenvalue weighted by atomic mass is 16.4. The van der Waals surface area contributed by atoms with Crippen LogP contribution in [0.4, 0.5) is 0 Å². The monoisotopic (exact) mass is 231 g/mol. The molecule has 3 rings (SSSR count). The lowest BCUT2D eigenvalue weighted by molar-refractivity contribution is 0.0698. The van der Waals surface area contributed by atoms with Crippen molar-refractivity contribution in [2.24, 2.45) is 7.05 Å². The molecule has 0 saturated heterocycles. The van der Waals surface area contributed by atoms with Crippen molar-refractivity contribution >= 4 is 17.0 Å². The maximum Gasteiger partial charge on any atom is 0.338 e. The van der Waals surface area contributed by atoms with Gasteiger partial charge in [-0.25, -0.2) is 14.8 Å². The van der Waals surface area contributed by atoms with Gasteiger partial charge in [0.1, 0.15) is 12.0 Å². The van der Waals surface area contributed by atoms with E-state index in [0.717, 1.165) is 18.5 Å². The minimum Gasteiger partial charge on any atom is -0.478 e. The molecule has 17 heavy (non-hydrogen) atoms. The van der Waals surface area contributed by atoms with Crippen molar-refractivity contribution in [1.29, 1.82) is 0 Å². The van der Waals surface area contributed by atoms with Gasteiger partial charge in [-0.05, 0) is 12.8 Å². The van der Waals surface area contributed by atoms with Crippen LogP contribution in [0.5, 0.6) is 0 Å². The second kappa shape index (κ2) is 3.55. The van der Waals surface area contributed by atoms with Gasteiger partial charge in [0.25, 0.3) is 0 Å². The largest absolute Gasteiger partial charge is 0.478 e. The van der Waals surface area contributed by atoms with Crippen LogP contribution in [-0.2, 0) is 7.05 Å². The first-order chi connectivity index (χ1) is 8.18. The van der Waals surface area contributed by atoms with Gasteiger partial charge in [-0.1, -0.05) is 6.42 Å². The lowest BCUT2D eigenvalue weighted by Crippen LogP contribution is -2.12. The Kier molecular flexibility index (Phi) is 2.14. The van der Waals surface area contributed by atoms with Gasteiger partial charge in [0.2, 0.25) is 0 Å². The standard InChI is InChI=1S/C12H13N3O2/c1-15-5-8(12(16)17)9-10(7-3-2-4-7)13-6-14-11(9)15/h5-7H,2-4H2,1H3,(H,16,17). The number of rotatable bonds is 2. The smallest absolute Gasteiger partial charge is 0.338 e. The summed E-state index contributed by atoms with van der Waals surface area (Å²) in [4.78, 5) is 19.7. The third-order valence-corrected chi connectivity index (χ3v) is 3.51. The van der Waals surface area contributed by atoms with Crippen LogP contribution in [0.2, 0.25) is 0 Å². The summed E-state index contributed by atoms with van der Waals surface area (Å²) in [6.45, 7) is 0. The Bertz CT molecular complexity index is 599. The zero-order valence-corrected chi connectivity index (χ0v) is 9.55. The average molecular weight is 231 g/mol. The summed E-state index contributed by atoms with van der Waals surface area (Å²) < 4.78 is 1.75. The summed E-state index contributed by atoms with van der Waals surface area (Å²) in [6.07, 6.45) is 6.54. The zero-order valence-electron chi connectivity index (χ0n) is 9.55. The number of carboxylic acid groups (broad SMARTS) is 1. The number of hydrogen-bond acceptors (Lipinski definition) is 3. The molecule has 5 heteroatoms. The van der Waals surface area contributed by atoms with Gasteiger partial charge in [-0.2, -0.15) is 0 Å². The maximum absolute atomic E-state index is 11.2. The molecule has 0 atom stereocenters. The van der Waals surface area contributed by atoms with Crippen LogP contribution in [0.15, 0.2) is 12.5 Å². The van der Waals surface area contributed by atoms with Crippen molar-refractivity contribution in [3.05, 3.63) is 23.8 Å². The van der Waals surface area contributed by atoms with Crippen LogP contribution < -0.4 is 0 Å². The highest BCUT2D eigenvalue weighted by molar-refractivity contribution is 6.03. The molecule has 1 aliphatic rings. The molecule has 0 bridgehead atoms. The number of nitrogens with zero attached hydrogens (tertiary/aromatic N) is 3. The van der Waals surface area contributed by atoms with E-state index in [9.17, 15) is 9.90 Å². The summed E-state index contributed by atoms with van der Waals surface area (Å²) in [5.41, 5.74) is 1.92. The van der Waals surface area contributed by atoms with E-state index in [-0.39, 0.29) is 0 Å². The SMILES string of the molecule is Cn1cc(C(=O)O)c2c(C3CCC3)ncnc21. The van der Waals surface area contributed by atoms with Gasteiger partial charge in [-0.15, -0.1) is 0 Å². The second-order valence-electron chi connectivity index (χ2n) is 4.54. The Hall–Kier alpha value is -1.91. The molecule has 0 spiro atoms. The Balaban J connectivity index is 2.31. The molecule has 1 saturated carbocycles. The molecular weight excluding hydrogens is 218 g/mol. The summed E-state index contributed by atoms with van der Waals surface area (Å²) >= 11 is 0. The first-order valence-corrected chi connectivity index (χ1v) is 5.71. The molecule has 2 heterocycles. The maximum atomic E-state index is 11.2. The van der Waals surface area contributed by atoms with E-state index in [1.807, 2.05) is 7.05 Å². The molecule has 0 unspecified atom stereocenters. The van der Waals surface area contributed by atoms with Crippen molar-refractivity contribution in [2.75, 3.05) is 0 Å². The first-order valence-electron chi connectivity index (χ1n) is 5.71. The Labute approximate surface area is 98.1 Å². The van der Waals surface area contributed by atoms with Crippen molar-refractivity contribution in [1.82, 2.24) is 14.5 Å². The van der Waals surface area contributed by atoms with Crippen LogP contribution in [0.1, 0.15) is 41.2 Å². The highest BCUT2D eigenvalue weighted by Crippen LogP contribution is 2.39. The van der Waals surface area contributed by atoms with Crippen molar-refractivity contribution in [2.45, 2.75) is 25.2 Å². The topological polar surface area (TPSA) is 68.0 Å².